The number of aromatic nitrogens is 4. The summed E-state index contributed by atoms with van der Waals surface area (Å²) in [5, 5.41) is 8.88. The van der Waals surface area contributed by atoms with Gasteiger partial charge in [-0.05, 0) is 33.1 Å². The molecule has 0 saturated carbocycles. The summed E-state index contributed by atoms with van der Waals surface area (Å²) in [7, 11) is 1.59. The van der Waals surface area contributed by atoms with Crippen molar-refractivity contribution in [3.63, 3.8) is 0 Å². The Bertz CT molecular complexity index is 1090. The molecule has 30 heavy (non-hydrogen) atoms. The van der Waals surface area contributed by atoms with E-state index < -0.39 is 17.2 Å². The van der Waals surface area contributed by atoms with E-state index in [9.17, 15) is 14.4 Å². The molecule has 1 aliphatic heterocycles. The molecule has 2 aromatic rings. The number of nitrogens with two attached hydrogens (primary N) is 1. The number of carbonyl (C=O) groups is 1. The number of imidazole rings is 1. The minimum Gasteiger partial charge on any atom is -0.481 e. The molecule has 2 aromatic heterocycles. The number of aryl methyl sites for hydroxylation is 1. The summed E-state index contributed by atoms with van der Waals surface area (Å²) in [6, 6.07) is 0.0342. The second-order valence-corrected chi connectivity index (χ2v) is 8.12. The van der Waals surface area contributed by atoms with Crippen molar-refractivity contribution in [3.05, 3.63) is 32.5 Å². The lowest BCUT2D eigenvalue weighted by Gasteiger charge is -2.31. The van der Waals surface area contributed by atoms with Crippen molar-refractivity contribution in [1.29, 1.82) is 0 Å². The van der Waals surface area contributed by atoms with Crippen LogP contribution in [0.25, 0.3) is 11.2 Å². The summed E-state index contributed by atoms with van der Waals surface area (Å²) in [4.78, 5) is 43.7. The Morgan fingerprint density at radius 2 is 2.03 bits per heavy atom. The van der Waals surface area contributed by atoms with Gasteiger partial charge in [0.15, 0.2) is 11.2 Å². The van der Waals surface area contributed by atoms with Crippen molar-refractivity contribution in [2.75, 3.05) is 18.0 Å². The van der Waals surface area contributed by atoms with Gasteiger partial charge in [-0.25, -0.2) is 4.79 Å². The van der Waals surface area contributed by atoms with Crippen LogP contribution in [-0.2, 0) is 24.9 Å². The molecule has 164 valence electrons. The maximum atomic E-state index is 13.3. The van der Waals surface area contributed by atoms with Gasteiger partial charge in [-0.1, -0.05) is 11.6 Å². The topological polar surface area (TPSA) is 128 Å². The average Bonchev–Trinajstić information content (AvgIpc) is 3.07. The highest BCUT2D eigenvalue weighted by atomic mass is 16.4. The molecule has 1 saturated heterocycles. The second kappa shape index (κ2) is 8.86. The van der Waals surface area contributed by atoms with Crippen LogP contribution < -0.4 is 21.9 Å². The molecule has 0 spiro atoms. The molecular formula is C20H30N6O4. The summed E-state index contributed by atoms with van der Waals surface area (Å²) in [5.74, 6) is -0.327. The largest absolute Gasteiger partial charge is 0.481 e. The molecule has 1 atom stereocenters. The van der Waals surface area contributed by atoms with E-state index in [0.29, 0.717) is 30.2 Å². The van der Waals surface area contributed by atoms with Gasteiger partial charge in [-0.2, -0.15) is 4.98 Å². The zero-order chi connectivity index (χ0) is 22.0. The SMILES string of the molecule is CC(C)=CCn1c(N2CCCC(N)C2)nc2c1c(=O)n(CCCC(=O)O)c(=O)n2C. The minimum atomic E-state index is -0.960. The third-order valence-corrected chi connectivity index (χ3v) is 5.41. The highest BCUT2D eigenvalue weighted by molar-refractivity contribution is 5.74. The second-order valence-electron chi connectivity index (χ2n) is 8.12. The number of fused-ring (bicyclic) bond motifs is 1. The lowest BCUT2D eigenvalue weighted by atomic mass is 10.1. The van der Waals surface area contributed by atoms with Crippen molar-refractivity contribution < 1.29 is 9.90 Å². The Hall–Kier alpha value is -2.88. The third kappa shape index (κ3) is 4.33. The number of nitrogens with zero attached hydrogens (tertiary/aromatic N) is 5. The summed E-state index contributed by atoms with van der Waals surface area (Å²) >= 11 is 0. The van der Waals surface area contributed by atoms with Gasteiger partial charge in [-0.15, -0.1) is 0 Å². The lowest BCUT2D eigenvalue weighted by molar-refractivity contribution is -0.137. The van der Waals surface area contributed by atoms with Crippen molar-refractivity contribution in [2.24, 2.45) is 12.8 Å². The van der Waals surface area contributed by atoms with Gasteiger partial charge >= 0.3 is 11.7 Å². The molecule has 1 fully saturated rings. The summed E-state index contributed by atoms with van der Waals surface area (Å²) in [6.45, 7) is 5.88. The molecule has 0 bridgehead atoms. The molecule has 3 heterocycles. The monoisotopic (exact) mass is 418 g/mol. The molecule has 0 aromatic carbocycles. The molecule has 10 heteroatoms. The van der Waals surface area contributed by atoms with Crippen molar-refractivity contribution in [3.8, 4) is 0 Å². The Morgan fingerprint density at radius 3 is 2.67 bits per heavy atom. The zero-order valence-corrected chi connectivity index (χ0v) is 17.8. The molecule has 3 N–H and O–H groups in total. The number of carboxylic acids is 1. The third-order valence-electron chi connectivity index (χ3n) is 5.41. The van der Waals surface area contributed by atoms with Crippen LogP contribution in [0.3, 0.4) is 0 Å². The quantitative estimate of drug-likeness (QED) is 0.632. The van der Waals surface area contributed by atoms with Crippen LogP contribution in [0.5, 0.6) is 0 Å². The lowest BCUT2D eigenvalue weighted by Crippen LogP contribution is -2.44. The molecule has 0 aliphatic carbocycles. The normalized spacial score (nSPS) is 16.8. The van der Waals surface area contributed by atoms with Gasteiger partial charge in [0, 0.05) is 45.7 Å². The van der Waals surface area contributed by atoms with E-state index in [2.05, 4.69) is 9.88 Å². The van der Waals surface area contributed by atoms with Gasteiger partial charge in [0.1, 0.15) is 0 Å². The smallest absolute Gasteiger partial charge is 0.332 e. The number of anilines is 1. The molecule has 0 radical (unpaired) electrons. The number of hydrogen-bond acceptors (Lipinski definition) is 6. The van der Waals surface area contributed by atoms with Gasteiger partial charge < -0.3 is 20.3 Å². The van der Waals surface area contributed by atoms with Crippen molar-refractivity contribution in [1.82, 2.24) is 18.7 Å². The van der Waals surface area contributed by atoms with Crippen LogP contribution in [0.2, 0.25) is 0 Å². The maximum Gasteiger partial charge on any atom is 0.332 e. The van der Waals surface area contributed by atoms with E-state index >= 15 is 0 Å². The summed E-state index contributed by atoms with van der Waals surface area (Å²) < 4.78 is 4.32. The van der Waals surface area contributed by atoms with Gasteiger partial charge in [0.2, 0.25) is 5.95 Å². The van der Waals surface area contributed by atoms with Crippen LogP contribution in [0, 0.1) is 0 Å². The number of hydrogen-bond donors (Lipinski definition) is 2. The van der Waals surface area contributed by atoms with E-state index in [4.69, 9.17) is 10.8 Å². The molecule has 10 nitrogen and oxygen atoms in total. The molecule has 1 aliphatic rings. The fraction of sp³-hybridized carbons (Fsp3) is 0.600. The van der Waals surface area contributed by atoms with Crippen LogP contribution in [0.15, 0.2) is 21.2 Å². The van der Waals surface area contributed by atoms with Gasteiger partial charge in [0.25, 0.3) is 5.56 Å². The number of rotatable bonds is 7. The Labute approximate surface area is 174 Å². The van der Waals surface area contributed by atoms with Crippen LogP contribution in [0.4, 0.5) is 5.95 Å². The number of aliphatic carboxylic acids is 1. The van der Waals surface area contributed by atoms with E-state index in [0.717, 1.165) is 29.5 Å². The first-order valence-corrected chi connectivity index (χ1v) is 10.3. The van der Waals surface area contributed by atoms with Crippen LogP contribution in [0.1, 0.15) is 39.5 Å². The predicted molar refractivity (Wildman–Crippen MR) is 115 cm³/mol. The predicted octanol–water partition coefficient (Wildman–Crippen LogP) is 0.655. The van der Waals surface area contributed by atoms with E-state index in [1.165, 1.54) is 4.57 Å². The first-order valence-electron chi connectivity index (χ1n) is 10.3. The Morgan fingerprint density at radius 1 is 1.30 bits per heavy atom. The van der Waals surface area contributed by atoms with Gasteiger partial charge in [0.05, 0.1) is 0 Å². The first kappa shape index (κ1) is 21.8. The number of piperidine rings is 1. The molecule has 0 amide bonds. The van der Waals surface area contributed by atoms with E-state index in [1.54, 1.807) is 7.05 Å². The Kier molecular flexibility index (Phi) is 6.45. The number of carboxylic acid groups (broad SMARTS) is 1. The van der Waals surface area contributed by atoms with Crippen molar-refractivity contribution in [2.45, 2.75) is 58.7 Å². The van der Waals surface area contributed by atoms with E-state index in [1.807, 2.05) is 24.5 Å². The zero-order valence-electron chi connectivity index (χ0n) is 17.8. The standard InChI is InChI=1S/C20H30N6O4/c1-13(2)8-11-25-16-17(22-19(25)24-9-4-6-14(21)12-24)23(3)20(30)26(18(16)29)10-5-7-15(27)28/h8,14H,4-7,9-12,21H2,1-3H3,(H,27,28). The highest BCUT2D eigenvalue weighted by Gasteiger charge is 2.26. The number of allylic oxidation sites excluding steroid dienone is 2. The molecular weight excluding hydrogens is 388 g/mol. The fourth-order valence-corrected chi connectivity index (χ4v) is 3.83. The van der Waals surface area contributed by atoms with Gasteiger partial charge in [-0.3, -0.25) is 18.7 Å². The first-order chi connectivity index (χ1) is 14.2. The van der Waals surface area contributed by atoms with Crippen LogP contribution >= 0.6 is 0 Å². The summed E-state index contributed by atoms with van der Waals surface area (Å²) in [5.41, 5.74) is 7.00. The maximum absolute atomic E-state index is 13.3. The average molecular weight is 418 g/mol. The molecule has 3 rings (SSSR count). The minimum absolute atomic E-state index is 0.0342. The Balaban J connectivity index is 2.18. The van der Waals surface area contributed by atoms with E-state index in [-0.39, 0.29) is 25.4 Å². The highest BCUT2D eigenvalue weighted by Crippen LogP contribution is 2.23. The molecule has 1 unspecified atom stereocenters. The summed E-state index contributed by atoms with van der Waals surface area (Å²) in [6.07, 6.45) is 3.98. The van der Waals surface area contributed by atoms with Crippen LogP contribution in [-0.4, -0.2) is 48.9 Å². The van der Waals surface area contributed by atoms with Crippen molar-refractivity contribution >= 4 is 23.1 Å². The fourth-order valence-electron chi connectivity index (χ4n) is 3.83.